The maximum Gasteiger partial charge on any atom is 0.292 e. The number of carbonyl (C=O) groups is 1. The number of ether oxygens (including phenoxy) is 2. The maximum absolute atomic E-state index is 12.7. The lowest BCUT2D eigenvalue weighted by atomic mass is 10.1. The van der Waals surface area contributed by atoms with Crippen molar-refractivity contribution < 1.29 is 18.8 Å². The number of hydrogen-bond acceptors (Lipinski definition) is 6. The summed E-state index contributed by atoms with van der Waals surface area (Å²) in [4.78, 5) is 14.3. The van der Waals surface area contributed by atoms with E-state index in [-0.39, 0.29) is 11.7 Å². The standard InChI is InChI=1S/C20H24N4O4/c1-6-24-12-15(13(2)21-24)16-10-19(28-22-16)20(25)23(3)11-14-7-8-17(26-4)18(9-14)27-5/h7-10,12H,6,11H2,1-5H3. The Bertz CT molecular complexity index is 976. The van der Waals surface area contributed by atoms with Gasteiger partial charge in [0.2, 0.25) is 5.76 Å². The molecule has 0 saturated carbocycles. The number of aromatic nitrogens is 3. The first-order chi connectivity index (χ1) is 13.5. The zero-order chi connectivity index (χ0) is 20.3. The van der Waals surface area contributed by atoms with E-state index in [1.165, 1.54) is 0 Å². The summed E-state index contributed by atoms with van der Waals surface area (Å²) in [5, 5.41) is 8.44. The SMILES string of the molecule is CCn1cc(-c2cc(C(=O)N(C)Cc3ccc(OC)c(OC)c3)on2)c(C)n1. The molecule has 0 bridgehead atoms. The molecular weight excluding hydrogens is 360 g/mol. The number of nitrogens with zero attached hydrogens (tertiary/aromatic N) is 4. The molecule has 2 aromatic heterocycles. The first kappa shape index (κ1) is 19.5. The van der Waals surface area contributed by atoms with Gasteiger partial charge in [-0.15, -0.1) is 0 Å². The Morgan fingerprint density at radius 3 is 2.61 bits per heavy atom. The van der Waals surface area contributed by atoms with Crippen LogP contribution in [0.15, 0.2) is 35.0 Å². The molecule has 3 rings (SSSR count). The van der Waals surface area contributed by atoms with E-state index in [1.807, 2.05) is 42.9 Å². The Morgan fingerprint density at radius 2 is 1.96 bits per heavy atom. The van der Waals surface area contributed by atoms with Gasteiger partial charge in [-0.2, -0.15) is 5.10 Å². The molecule has 148 valence electrons. The minimum absolute atomic E-state index is 0.182. The Labute approximate surface area is 163 Å². The zero-order valence-corrected chi connectivity index (χ0v) is 16.7. The third-order valence-corrected chi connectivity index (χ3v) is 4.48. The van der Waals surface area contributed by atoms with E-state index >= 15 is 0 Å². The lowest BCUT2D eigenvalue weighted by molar-refractivity contribution is 0.0743. The van der Waals surface area contributed by atoms with Crippen LogP contribution < -0.4 is 9.47 Å². The Balaban J connectivity index is 1.75. The van der Waals surface area contributed by atoms with Crippen LogP contribution in [0.3, 0.4) is 0 Å². The Kier molecular flexibility index (Phi) is 5.67. The van der Waals surface area contributed by atoms with E-state index in [0.717, 1.165) is 23.4 Å². The van der Waals surface area contributed by atoms with Gasteiger partial charge in [-0.1, -0.05) is 11.2 Å². The van der Waals surface area contributed by atoms with Crippen molar-refractivity contribution in [2.45, 2.75) is 26.9 Å². The summed E-state index contributed by atoms with van der Waals surface area (Å²) >= 11 is 0. The second-order valence-corrected chi connectivity index (χ2v) is 6.41. The fourth-order valence-corrected chi connectivity index (χ4v) is 2.95. The van der Waals surface area contributed by atoms with Crippen LogP contribution in [0.4, 0.5) is 0 Å². The summed E-state index contributed by atoms with van der Waals surface area (Å²) in [6.07, 6.45) is 1.90. The highest BCUT2D eigenvalue weighted by Crippen LogP contribution is 2.28. The molecular formula is C20H24N4O4. The lowest BCUT2D eigenvalue weighted by Crippen LogP contribution is -2.25. The van der Waals surface area contributed by atoms with Gasteiger partial charge in [-0.05, 0) is 31.5 Å². The largest absolute Gasteiger partial charge is 0.493 e. The number of carbonyl (C=O) groups excluding carboxylic acids is 1. The normalized spacial score (nSPS) is 10.8. The third kappa shape index (κ3) is 3.85. The van der Waals surface area contributed by atoms with E-state index in [4.69, 9.17) is 14.0 Å². The van der Waals surface area contributed by atoms with Crippen LogP contribution in [0.25, 0.3) is 11.3 Å². The summed E-state index contributed by atoms with van der Waals surface area (Å²) < 4.78 is 17.7. The molecule has 0 aliphatic heterocycles. The van der Waals surface area contributed by atoms with Crippen LogP contribution in [0, 0.1) is 6.92 Å². The molecule has 0 fully saturated rings. The number of rotatable bonds is 7. The van der Waals surface area contributed by atoms with Gasteiger partial charge in [0.05, 0.1) is 19.9 Å². The first-order valence-electron chi connectivity index (χ1n) is 8.94. The summed E-state index contributed by atoms with van der Waals surface area (Å²) in [5.41, 5.74) is 3.20. The van der Waals surface area contributed by atoms with Gasteiger partial charge in [0.15, 0.2) is 11.5 Å². The Hall–Kier alpha value is -3.29. The molecule has 0 N–H and O–H groups in total. The van der Waals surface area contributed by atoms with Gasteiger partial charge >= 0.3 is 0 Å². The van der Waals surface area contributed by atoms with Crippen molar-refractivity contribution in [2.75, 3.05) is 21.3 Å². The van der Waals surface area contributed by atoms with Crippen LogP contribution in [-0.4, -0.2) is 47.0 Å². The monoisotopic (exact) mass is 384 g/mol. The average molecular weight is 384 g/mol. The van der Waals surface area contributed by atoms with Crippen molar-refractivity contribution in [1.29, 1.82) is 0 Å². The predicted molar refractivity (Wildman–Crippen MR) is 103 cm³/mol. The second kappa shape index (κ2) is 8.16. The smallest absolute Gasteiger partial charge is 0.292 e. The molecule has 0 saturated heterocycles. The fourth-order valence-electron chi connectivity index (χ4n) is 2.95. The highest BCUT2D eigenvalue weighted by atomic mass is 16.5. The van der Waals surface area contributed by atoms with E-state index in [0.29, 0.717) is 23.7 Å². The average Bonchev–Trinajstić information content (AvgIpc) is 3.33. The van der Waals surface area contributed by atoms with E-state index < -0.39 is 0 Å². The lowest BCUT2D eigenvalue weighted by Gasteiger charge is -2.16. The van der Waals surface area contributed by atoms with E-state index in [9.17, 15) is 4.79 Å². The number of methoxy groups -OCH3 is 2. The minimum Gasteiger partial charge on any atom is -0.493 e. The van der Waals surface area contributed by atoms with Crippen molar-refractivity contribution in [3.63, 3.8) is 0 Å². The molecule has 0 unspecified atom stereocenters. The Morgan fingerprint density at radius 1 is 1.21 bits per heavy atom. The maximum atomic E-state index is 12.7. The van der Waals surface area contributed by atoms with Crippen LogP contribution in [0.1, 0.15) is 28.7 Å². The second-order valence-electron chi connectivity index (χ2n) is 6.41. The number of aryl methyl sites for hydroxylation is 2. The molecule has 2 heterocycles. The van der Waals surface area contributed by atoms with Gasteiger partial charge in [0, 0.05) is 38.0 Å². The van der Waals surface area contributed by atoms with Crippen molar-refractivity contribution in [1.82, 2.24) is 19.8 Å². The molecule has 8 nitrogen and oxygen atoms in total. The van der Waals surface area contributed by atoms with Crippen LogP contribution in [-0.2, 0) is 13.1 Å². The van der Waals surface area contributed by atoms with Gasteiger partial charge in [-0.25, -0.2) is 0 Å². The van der Waals surface area contributed by atoms with Crippen molar-refractivity contribution >= 4 is 5.91 Å². The van der Waals surface area contributed by atoms with Crippen molar-refractivity contribution in [2.24, 2.45) is 0 Å². The predicted octanol–water partition coefficient (Wildman–Crippen LogP) is 3.16. The van der Waals surface area contributed by atoms with E-state index in [2.05, 4.69) is 10.3 Å². The minimum atomic E-state index is -0.255. The summed E-state index contributed by atoms with van der Waals surface area (Å²) in [6, 6.07) is 7.20. The summed E-state index contributed by atoms with van der Waals surface area (Å²) in [6.45, 7) is 5.07. The zero-order valence-electron chi connectivity index (χ0n) is 16.7. The van der Waals surface area contributed by atoms with Gasteiger partial charge in [0.1, 0.15) is 5.69 Å². The molecule has 0 radical (unpaired) electrons. The van der Waals surface area contributed by atoms with Crippen LogP contribution in [0.2, 0.25) is 0 Å². The molecule has 0 atom stereocenters. The van der Waals surface area contributed by atoms with Crippen LogP contribution >= 0.6 is 0 Å². The molecule has 1 amide bonds. The number of hydrogen-bond donors (Lipinski definition) is 0. The first-order valence-corrected chi connectivity index (χ1v) is 8.94. The quantitative estimate of drug-likeness (QED) is 0.622. The third-order valence-electron chi connectivity index (χ3n) is 4.48. The number of amides is 1. The topological polar surface area (TPSA) is 82.6 Å². The van der Waals surface area contributed by atoms with Gasteiger partial charge < -0.3 is 18.9 Å². The molecule has 28 heavy (non-hydrogen) atoms. The number of benzene rings is 1. The summed E-state index contributed by atoms with van der Waals surface area (Å²) in [5.74, 6) is 1.19. The highest BCUT2D eigenvalue weighted by Gasteiger charge is 2.20. The van der Waals surface area contributed by atoms with Crippen molar-refractivity contribution in [3.8, 4) is 22.8 Å². The van der Waals surface area contributed by atoms with Crippen molar-refractivity contribution in [3.05, 3.63) is 47.5 Å². The van der Waals surface area contributed by atoms with Gasteiger partial charge in [-0.3, -0.25) is 9.48 Å². The molecule has 8 heteroatoms. The fraction of sp³-hybridized carbons (Fsp3) is 0.350. The van der Waals surface area contributed by atoms with E-state index in [1.54, 1.807) is 32.2 Å². The molecule has 0 aliphatic rings. The molecule has 0 spiro atoms. The molecule has 3 aromatic rings. The highest BCUT2D eigenvalue weighted by molar-refractivity contribution is 5.92. The summed E-state index contributed by atoms with van der Waals surface area (Å²) in [7, 11) is 4.87. The molecule has 1 aromatic carbocycles. The molecule has 0 aliphatic carbocycles. The van der Waals surface area contributed by atoms with Gasteiger partial charge in [0.25, 0.3) is 5.91 Å². The van der Waals surface area contributed by atoms with Crippen LogP contribution in [0.5, 0.6) is 11.5 Å².